The van der Waals surface area contributed by atoms with E-state index >= 15 is 0 Å². The zero-order chi connectivity index (χ0) is 11.3. The van der Waals surface area contributed by atoms with Gasteiger partial charge in [-0.1, -0.05) is 12.1 Å². The molecule has 0 aliphatic carbocycles. The smallest absolute Gasteiger partial charge is 0.218 e. The van der Waals surface area contributed by atoms with Crippen molar-refractivity contribution in [1.82, 2.24) is 0 Å². The Morgan fingerprint density at radius 1 is 1.33 bits per heavy atom. The lowest BCUT2D eigenvalue weighted by molar-refractivity contribution is 0.414. The Morgan fingerprint density at radius 3 is 2.40 bits per heavy atom. The summed E-state index contributed by atoms with van der Waals surface area (Å²) in [6.07, 6.45) is 0. The van der Waals surface area contributed by atoms with Crippen molar-refractivity contribution in [3.05, 3.63) is 29.8 Å². The normalized spacial score (nSPS) is 11.3. The average Bonchev–Trinajstić information content (AvgIpc) is 2.17. The number of rotatable bonds is 5. The van der Waals surface area contributed by atoms with Crippen LogP contribution in [-0.2, 0) is 15.8 Å². The third kappa shape index (κ3) is 5.06. The molecule has 1 aromatic rings. The van der Waals surface area contributed by atoms with Gasteiger partial charge in [0.25, 0.3) is 0 Å². The number of methoxy groups -OCH3 is 1. The fraction of sp³-hybridized carbons (Fsp3) is 0.333. The summed E-state index contributed by atoms with van der Waals surface area (Å²) in [5.41, 5.74) is 1.05. The lowest BCUT2D eigenvalue weighted by Gasteiger charge is -2.02. The highest BCUT2D eigenvalue weighted by Crippen LogP contribution is 2.16. The number of nitrogens with two attached hydrogens (primary N) is 1. The number of benzene rings is 1. The van der Waals surface area contributed by atoms with Crippen molar-refractivity contribution < 1.29 is 13.2 Å². The zero-order valence-corrected chi connectivity index (χ0v) is 9.98. The number of thioether (sulfide) groups is 1. The van der Waals surface area contributed by atoms with Gasteiger partial charge >= 0.3 is 0 Å². The van der Waals surface area contributed by atoms with Crippen molar-refractivity contribution in [3.8, 4) is 5.75 Å². The summed E-state index contributed by atoms with van der Waals surface area (Å²) in [6, 6.07) is 7.48. The molecular formula is C9H13NO3S2. The minimum atomic E-state index is -3.37. The van der Waals surface area contributed by atoms with Crippen LogP contribution in [0.2, 0.25) is 0 Å². The Kier molecular flexibility index (Phi) is 4.44. The molecule has 0 saturated heterocycles. The van der Waals surface area contributed by atoms with E-state index < -0.39 is 10.0 Å². The maximum absolute atomic E-state index is 10.7. The van der Waals surface area contributed by atoms with Gasteiger partial charge in [-0.05, 0) is 17.7 Å². The standard InChI is InChI=1S/C9H13NO3S2/c1-13-9-4-2-8(3-5-9)6-14-7-15(10,11)12/h2-5H,6-7H2,1H3,(H2,10,11,12). The molecule has 0 aliphatic heterocycles. The summed E-state index contributed by atoms with van der Waals surface area (Å²) in [5, 5.41) is 4.82. The molecular weight excluding hydrogens is 234 g/mol. The van der Waals surface area contributed by atoms with Crippen molar-refractivity contribution in [3.63, 3.8) is 0 Å². The van der Waals surface area contributed by atoms with Gasteiger partial charge in [0.1, 0.15) is 10.8 Å². The average molecular weight is 247 g/mol. The Balaban J connectivity index is 2.45. The largest absolute Gasteiger partial charge is 0.497 e. The van der Waals surface area contributed by atoms with E-state index in [0.717, 1.165) is 11.3 Å². The van der Waals surface area contributed by atoms with E-state index in [1.165, 1.54) is 11.8 Å². The van der Waals surface area contributed by atoms with Crippen molar-refractivity contribution in [2.45, 2.75) is 5.75 Å². The minimum Gasteiger partial charge on any atom is -0.497 e. The fourth-order valence-electron chi connectivity index (χ4n) is 0.997. The molecule has 84 valence electrons. The summed E-state index contributed by atoms with van der Waals surface area (Å²) < 4.78 is 26.3. The van der Waals surface area contributed by atoms with E-state index in [1.54, 1.807) is 7.11 Å². The van der Waals surface area contributed by atoms with E-state index in [4.69, 9.17) is 9.88 Å². The molecule has 15 heavy (non-hydrogen) atoms. The van der Waals surface area contributed by atoms with Crippen LogP contribution in [-0.4, -0.2) is 20.6 Å². The predicted octanol–water partition coefficient (Wildman–Crippen LogP) is 1.17. The molecule has 0 heterocycles. The van der Waals surface area contributed by atoms with Crippen LogP contribution in [0.3, 0.4) is 0 Å². The molecule has 0 spiro atoms. The first-order valence-corrected chi connectivity index (χ1v) is 7.09. The lowest BCUT2D eigenvalue weighted by atomic mass is 10.2. The summed E-state index contributed by atoms with van der Waals surface area (Å²) in [7, 11) is -1.77. The van der Waals surface area contributed by atoms with Gasteiger partial charge < -0.3 is 4.74 Å². The summed E-state index contributed by atoms with van der Waals surface area (Å²) in [4.78, 5) is 0. The molecule has 1 aromatic carbocycles. The Labute approximate surface area is 93.9 Å². The van der Waals surface area contributed by atoms with Gasteiger partial charge in [0, 0.05) is 5.75 Å². The van der Waals surface area contributed by atoms with E-state index in [2.05, 4.69) is 0 Å². The van der Waals surface area contributed by atoms with Gasteiger partial charge in [0.05, 0.1) is 7.11 Å². The van der Waals surface area contributed by atoms with Gasteiger partial charge in [-0.3, -0.25) is 0 Å². The SMILES string of the molecule is COc1ccc(CSCS(N)(=O)=O)cc1. The molecule has 6 heteroatoms. The Morgan fingerprint density at radius 2 is 1.93 bits per heavy atom. The van der Waals surface area contributed by atoms with E-state index in [1.807, 2.05) is 24.3 Å². The van der Waals surface area contributed by atoms with Crippen molar-refractivity contribution >= 4 is 21.8 Å². The first kappa shape index (κ1) is 12.4. The number of hydrogen-bond acceptors (Lipinski definition) is 4. The molecule has 1 rings (SSSR count). The highest BCUT2D eigenvalue weighted by atomic mass is 32.3. The molecule has 0 aromatic heterocycles. The number of sulfonamides is 1. The monoisotopic (exact) mass is 247 g/mol. The molecule has 0 amide bonds. The second-order valence-electron chi connectivity index (χ2n) is 2.98. The van der Waals surface area contributed by atoms with Crippen LogP contribution in [0.4, 0.5) is 0 Å². The van der Waals surface area contributed by atoms with Crippen LogP contribution in [0.25, 0.3) is 0 Å². The first-order valence-electron chi connectivity index (χ1n) is 4.22. The molecule has 0 bridgehead atoms. The summed E-state index contributed by atoms with van der Waals surface area (Å²) >= 11 is 1.27. The van der Waals surface area contributed by atoms with E-state index in [-0.39, 0.29) is 5.08 Å². The summed E-state index contributed by atoms with van der Waals surface area (Å²) in [6.45, 7) is 0. The first-order chi connectivity index (χ1) is 7.01. The molecule has 0 saturated carbocycles. The number of primary sulfonamides is 1. The zero-order valence-electron chi connectivity index (χ0n) is 8.34. The third-order valence-electron chi connectivity index (χ3n) is 1.68. The predicted molar refractivity (Wildman–Crippen MR) is 62.3 cm³/mol. The van der Waals surface area contributed by atoms with Gasteiger partial charge in [-0.15, -0.1) is 11.8 Å². The van der Waals surface area contributed by atoms with Crippen LogP contribution >= 0.6 is 11.8 Å². The van der Waals surface area contributed by atoms with Crippen LogP contribution in [0, 0.1) is 0 Å². The maximum atomic E-state index is 10.7. The molecule has 0 aliphatic rings. The Hall–Kier alpha value is -0.720. The second-order valence-corrected chi connectivity index (χ2v) is 5.94. The van der Waals surface area contributed by atoms with Crippen molar-refractivity contribution in [2.75, 3.05) is 12.2 Å². The molecule has 0 atom stereocenters. The van der Waals surface area contributed by atoms with Crippen LogP contribution < -0.4 is 9.88 Å². The van der Waals surface area contributed by atoms with Gasteiger partial charge in [0.15, 0.2) is 0 Å². The molecule has 0 fully saturated rings. The highest BCUT2D eigenvalue weighted by molar-refractivity contribution is 8.11. The molecule has 2 N–H and O–H groups in total. The lowest BCUT2D eigenvalue weighted by Crippen LogP contribution is -2.14. The molecule has 0 radical (unpaired) electrons. The van der Waals surface area contributed by atoms with Gasteiger partial charge in [-0.2, -0.15) is 0 Å². The van der Waals surface area contributed by atoms with Crippen molar-refractivity contribution in [1.29, 1.82) is 0 Å². The fourth-order valence-corrected chi connectivity index (χ4v) is 2.69. The molecule has 0 unspecified atom stereocenters. The van der Waals surface area contributed by atoms with Gasteiger partial charge in [0.2, 0.25) is 10.0 Å². The number of ether oxygens (including phenoxy) is 1. The minimum absolute atomic E-state index is 0.0565. The summed E-state index contributed by atoms with van der Waals surface area (Å²) in [5.74, 6) is 1.41. The van der Waals surface area contributed by atoms with E-state index in [0.29, 0.717) is 5.75 Å². The van der Waals surface area contributed by atoms with Crippen LogP contribution in [0.1, 0.15) is 5.56 Å². The van der Waals surface area contributed by atoms with Crippen molar-refractivity contribution in [2.24, 2.45) is 5.14 Å². The number of hydrogen-bond donors (Lipinski definition) is 1. The van der Waals surface area contributed by atoms with Crippen LogP contribution in [0.5, 0.6) is 5.75 Å². The Bertz CT molecular complexity index is 400. The topological polar surface area (TPSA) is 69.4 Å². The van der Waals surface area contributed by atoms with Crippen LogP contribution in [0.15, 0.2) is 24.3 Å². The van der Waals surface area contributed by atoms with E-state index in [9.17, 15) is 8.42 Å². The third-order valence-corrected chi connectivity index (χ3v) is 4.19. The molecule has 4 nitrogen and oxygen atoms in total. The quantitative estimate of drug-likeness (QED) is 0.848. The maximum Gasteiger partial charge on any atom is 0.218 e. The van der Waals surface area contributed by atoms with Gasteiger partial charge in [-0.25, -0.2) is 13.6 Å². The highest BCUT2D eigenvalue weighted by Gasteiger charge is 2.02. The second kappa shape index (κ2) is 5.39.